The van der Waals surface area contributed by atoms with Crippen molar-refractivity contribution < 1.29 is 19.2 Å². The van der Waals surface area contributed by atoms with Crippen molar-refractivity contribution in [3.05, 3.63) is 118 Å². The van der Waals surface area contributed by atoms with Crippen LogP contribution in [0.2, 0.25) is 0 Å². The third kappa shape index (κ3) is 5.36. The van der Waals surface area contributed by atoms with E-state index >= 15 is 0 Å². The predicted octanol–water partition coefficient (Wildman–Crippen LogP) is 6.57. The van der Waals surface area contributed by atoms with Crippen LogP contribution in [0.5, 0.6) is 0 Å². The van der Waals surface area contributed by atoms with Crippen LogP contribution in [0.1, 0.15) is 21.4 Å². The molecule has 0 bridgehead atoms. The first-order valence-electron chi connectivity index (χ1n) is 9.97. The lowest BCUT2D eigenvalue weighted by atomic mass is 10.1. The van der Waals surface area contributed by atoms with Crippen LogP contribution >= 0.6 is 11.8 Å². The molecule has 4 aromatic rings. The molecule has 4 aromatic carbocycles. The van der Waals surface area contributed by atoms with E-state index in [0.29, 0.717) is 16.8 Å². The number of nitrogens with one attached hydrogen (secondary N) is 1. The molecule has 0 saturated carbocycles. The monoisotopic (exact) mass is 458 g/mol. The van der Waals surface area contributed by atoms with Crippen molar-refractivity contribution in [3.63, 3.8) is 0 Å². The number of fused-ring (bicyclic) bond motifs is 1. The highest BCUT2D eigenvalue weighted by Gasteiger charge is 2.23. The summed E-state index contributed by atoms with van der Waals surface area (Å²) in [5, 5.41) is 15.2. The van der Waals surface area contributed by atoms with Gasteiger partial charge in [0.1, 0.15) is 0 Å². The highest BCUT2D eigenvalue weighted by molar-refractivity contribution is 8.14. The highest BCUT2D eigenvalue weighted by Crippen LogP contribution is 2.34. The number of non-ortho nitro benzene ring substituents is 1. The van der Waals surface area contributed by atoms with Crippen molar-refractivity contribution in [3.8, 4) is 0 Å². The quantitative estimate of drug-likeness (QED) is 0.199. The number of amides is 1. The van der Waals surface area contributed by atoms with Crippen molar-refractivity contribution >= 4 is 45.1 Å². The molecule has 7 nitrogen and oxygen atoms in total. The number of benzene rings is 4. The molecule has 0 fully saturated rings. The Morgan fingerprint density at radius 1 is 0.848 bits per heavy atom. The second-order valence-electron chi connectivity index (χ2n) is 7.01. The van der Waals surface area contributed by atoms with E-state index in [2.05, 4.69) is 5.32 Å². The Morgan fingerprint density at radius 3 is 2.24 bits per heavy atom. The largest absolute Gasteiger partial charge is 0.429 e. The number of nitro benzene ring substituents is 1. The number of carbonyl (C=O) groups is 2. The van der Waals surface area contributed by atoms with E-state index in [1.54, 1.807) is 36.4 Å². The maximum Gasteiger partial charge on any atom is 0.413 e. The van der Waals surface area contributed by atoms with Gasteiger partial charge in [0.15, 0.2) is 5.44 Å². The van der Waals surface area contributed by atoms with Crippen LogP contribution in [-0.4, -0.2) is 16.1 Å². The first-order valence-corrected chi connectivity index (χ1v) is 10.8. The molecule has 1 N–H and O–H groups in total. The molecule has 0 radical (unpaired) electrons. The third-order valence-corrected chi connectivity index (χ3v) is 5.87. The molecule has 0 aromatic heterocycles. The van der Waals surface area contributed by atoms with Crippen molar-refractivity contribution in [2.75, 3.05) is 5.32 Å². The molecule has 8 heteroatoms. The molecule has 0 spiro atoms. The van der Waals surface area contributed by atoms with Gasteiger partial charge in [0.25, 0.3) is 5.69 Å². The number of rotatable bonds is 6. The Bertz CT molecular complexity index is 1300. The van der Waals surface area contributed by atoms with Crippen LogP contribution < -0.4 is 5.32 Å². The van der Waals surface area contributed by atoms with Gasteiger partial charge in [0.05, 0.1) is 10.6 Å². The lowest BCUT2D eigenvalue weighted by Gasteiger charge is -2.18. The molecule has 0 aliphatic carbocycles. The zero-order valence-electron chi connectivity index (χ0n) is 17.2. The number of anilines is 1. The molecular weight excluding hydrogens is 440 g/mol. The maximum absolute atomic E-state index is 12.8. The van der Waals surface area contributed by atoms with E-state index in [-0.39, 0.29) is 10.8 Å². The van der Waals surface area contributed by atoms with Gasteiger partial charge < -0.3 is 4.74 Å². The number of carbonyl (C=O) groups excluding carboxylic acids is 2. The van der Waals surface area contributed by atoms with Gasteiger partial charge in [-0.3, -0.25) is 20.2 Å². The predicted molar refractivity (Wildman–Crippen MR) is 128 cm³/mol. The first-order chi connectivity index (χ1) is 16.0. The highest BCUT2D eigenvalue weighted by atomic mass is 32.2. The molecule has 4 rings (SSSR count). The Hall–Kier alpha value is -4.17. The van der Waals surface area contributed by atoms with Gasteiger partial charge in [-0.2, -0.15) is 0 Å². The van der Waals surface area contributed by atoms with Crippen molar-refractivity contribution in [2.24, 2.45) is 0 Å². The number of hydrogen-bond donors (Lipinski definition) is 1. The normalized spacial score (nSPS) is 11.5. The summed E-state index contributed by atoms with van der Waals surface area (Å²) >= 11 is 0.816. The molecule has 1 atom stereocenters. The van der Waals surface area contributed by atoms with Crippen LogP contribution in [0, 0.1) is 10.1 Å². The summed E-state index contributed by atoms with van der Waals surface area (Å²) < 4.78 is 5.60. The second kappa shape index (κ2) is 9.97. The van der Waals surface area contributed by atoms with E-state index < -0.39 is 16.5 Å². The number of hydrogen-bond acceptors (Lipinski definition) is 6. The lowest BCUT2D eigenvalue weighted by Crippen LogP contribution is -2.17. The molecule has 0 saturated heterocycles. The third-order valence-electron chi connectivity index (χ3n) is 4.84. The Labute approximate surface area is 193 Å². The average Bonchev–Trinajstić information content (AvgIpc) is 2.84. The summed E-state index contributed by atoms with van der Waals surface area (Å²) in [6, 6.07) is 27.3. The fraction of sp³-hybridized carbons (Fsp3) is 0.0400. The summed E-state index contributed by atoms with van der Waals surface area (Å²) in [6.07, 6.45) is -0.747. The number of nitro groups is 1. The molecule has 0 heterocycles. The lowest BCUT2D eigenvalue weighted by molar-refractivity contribution is -0.384. The SMILES string of the molecule is O=C(Nc1cccc2ccccc12)OC(SC(=O)c1ccccc1)c1ccc([N+](=O)[O-])cc1. The number of nitrogens with zero attached hydrogens (tertiary/aromatic N) is 1. The van der Waals surface area contributed by atoms with E-state index in [0.717, 1.165) is 22.5 Å². The summed E-state index contributed by atoms with van der Waals surface area (Å²) in [5.74, 6) is 0. The van der Waals surface area contributed by atoms with E-state index in [1.165, 1.54) is 24.3 Å². The second-order valence-corrected chi connectivity index (χ2v) is 8.04. The molecule has 0 aliphatic heterocycles. The first kappa shape index (κ1) is 22.0. The standard InChI is InChI=1S/C25H18N2O5S/c28-23(18-8-2-1-3-9-18)33-24(19-13-15-20(16-14-19)27(30)31)32-25(29)26-22-12-6-10-17-7-4-5-11-21(17)22/h1-16,24H,(H,26,29). The van der Waals surface area contributed by atoms with Gasteiger partial charge in [0, 0.05) is 28.6 Å². The Kier molecular flexibility index (Phi) is 6.66. The summed E-state index contributed by atoms with van der Waals surface area (Å²) in [6.45, 7) is 0. The molecule has 1 unspecified atom stereocenters. The minimum atomic E-state index is -1.01. The van der Waals surface area contributed by atoms with Crippen LogP contribution in [0.25, 0.3) is 10.8 Å². The van der Waals surface area contributed by atoms with Crippen LogP contribution in [0.15, 0.2) is 97.1 Å². The van der Waals surface area contributed by atoms with Crippen LogP contribution in [-0.2, 0) is 4.74 Å². The Balaban J connectivity index is 1.57. The topological polar surface area (TPSA) is 98.5 Å². The van der Waals surface area contributed by atoms with Crippen molar-refractivity contribution in [1.29, 1.82) is 0 Å². The number of ether oxygens (including phenoxy) is 1. The Morgan fingerprint density at radius 2 is 1.52 bits per heavy atom. The van der Waals surface area contributed by atoms with Gasteiger partial charge in [-0.05, 0) is 35.3 Å². The molecule has 164 valence electrons. The maximum atomic E-state index is 12.8. The minimum absolute atomic E-state index is 0.0999. The fourth-order valence-electron chi connectivity index (χ4n) is 3.22. The summed E-state index contributed by atoms with van der Waals surface area (Å²) in [5.41, 5.74) is 0.362. The van der Waals surface area contributed by atoms with Gasteiger partial charge in [-0.1, -0.05) is 66.7 Å². The van der Waals surface area contributed by atoms with Gasteiger partial charge in [-0.25, -0.2) is 4.79 Å². The van der Waals surface area contributed by atoms with Gasteiger partial charge >= 0.3 is 6.09 Å². The zero-order valence-corrected chi connectivity index (χ0v) is 18.0. The zero-order chi connectivity index (χ0) is 23.2. The van der Waals surface area contributed by atoms with E-state index in [9.17, 15) is 19.7 Å². The van der Waals surface area contributed by atoms with Crippen LogP contribution in [0.4, 0.5) is 16.2 Å². The molecule has 1 amide bonds. The van der Waals surface area contributed by atoms with Gasteiger partial charge in [-0.15, -0.1) is 0 Å². The van der Waals surface area contributed by atoms with E-state index in [1.807, 2.05) is 36.4 Å². The fourth-order valence-corrected chi connectivity index (χ4v) is 4.12. The average molecular weight is 458 g/mol. The minimum Gasteiger partial charge on any atom is -0.429 e. The van der Waals surface area contributed by atoms with Crippen molar-refractivity contribution in [1.82, 2.24) is 0 Å². The molecular formula is C25H18N2O5S. The molecule has 33 heavy (non-hydrogen) atoms. The summed E-state index contributed by atoms with van der Waals surface area (Å²) in [4.78, 5) is 36.0. The van der Waals surface area contributed by atoms with Gasteiger partial charge in [0.2, 0.25) is 5.12 Å². The molecule has 0 aliphatic rings. The summed E-state index contributed by atoms with van der Waals surface area (Å²) in [7, 11) is 0. The van der Waals surface area contributed by atoms with Crippen LogP contribution in [0.3, 0.4) is 0 Å². The number of thioether (sulfide) groups is 1. The van der Waals surface area contributed by atoms with Crippen molar-refractivity contribution in [2.45, 2.75) is 5.44 Å². The smallest absolute Gasteiger partial charge is 0.413 e. The van der Waals surface area contributed by atoms with E-state index in [4.69, 9.17) is 4.74 Å².